The Kier molecular flexibility index (Phi) is 9.80. The zero-order chi connectivity index (χ0) is 49.5. The van der Waals surface area contributed by atoms with E-state index in [1.807, 2.05) is 22.7 Å². The van der Waals surface area contributed by atoms with E-state index in [0.29, 0.717) is 11.8 Å². The van der Waals surface area contributed by atoms with Gasteiger partial charge in [0.2, 0.25) is 0 Å². The molecule has 2 saturated carbocycles. The van der Waals surface area contributed by atoms with Gasteiger partial charge in [-0.05, 0) is 126 Å². The molecule has 0 aliphatic heterocycles. The van der Waals surface area contributed by atoms with E-state index >= 15 is 0 Å². The van der Waals surface area contributed by atoms with Gasteiger partial charge in [0, 0.05) is 79.4 Å². The van der Waals surface area contributed by atoms with Crippen molar-refractivity contribution < 1.29 is 0 Å². The van der Waals surface area contributed by atoms with Crippen LogP contribution in [0, 0.1) is 11.3 Å². The van der Waals surface area contributed by atoms with Gasteiger partial charge in [-0.25, -0.2) is 0 Å². The lowest BCUT2D eigenvalue weighted by Gasteiger charge is -2.46. The number of aromatic nitrogens is 2. The van der Waals surface area contributed by atoms with Gasteiger partial charge in [0.1, 0.15) is 0 Å². The van der Waals surface area contributed by atoms with Crippen molar-refractivity contribution in [3.05, 3.63) is 198 Å². The molecular weight excluding hydrogens is 947 g/mol. The number of nitriles is 1. The molecule has 362 valence electrons. The van der Waals surface area contributed by atoms with Crippen molar-refractivity contribution in [3.8, 4) is 34.0 Å². The predicted molar refractivity (Wildman–Crippen MR) is 320 cm³/mol. The number of hydrogen-bond donors (Lipinski definition) is 0. The first-order valence-corrected chi connectivity index (χ1v) is 29.2. The van der Waals surface area contributed by atoms with Gasteiger partial charge in [0.25, 0.3) is 0 Å². The monoisotopic (exact) mass is 1000 g/mol. The highest BCUT2D eigenvalue weighted by atomic mass is 32.1. The van der Waals surface area contributed by atoms with E-state index < -0.39 is 5.54 Å². The van der Waals surface area contributed by atoms with Crippen LogP contribution in [0.2, 0.25) is 0 Å². The van der Waals surface area contributed by atoms with Crippen LogP contribution in [0.1, 0.15) is 111 Å². The lowest BCUT2D eigenvalue weighted by Crippen LogP contribution is -2.39. The minimum atomic E-state index is -0.581. The first kappa shape index (κ1) is 43.9. The Morgan fingerprint density at radius 2 is 0.960 bits per heavy atom. The van der Waals surface area contributed by atoms with Crippen LogP contribution in [0.3, 0.4) is 0 Å². The zero-order valence-electron chi connectivity index (χ0n) is 42.3. The predicted octanol–water partition coefficient (Wildman–Crippen LogP) is 20.2. The molecule has 3 aliphatic carbocycles. The quantitative estimate of drug-likeness (QED) is 0.169. The Morgan fingerprint density at radius 3 is 1.60 bits per heavy atom. The Bertz CT molecular complexity index is 4570. The smallest absolute Gasteiger partial charge is 0.0998 e. The van der Waals surface area contributed by atoms with Crippen molar-refractivity contribution in [1.29, 1.82) is 5.26 Å². The molecule has 0 radical (unpaired) electrons. The van der Waals surface area contributed by atoms with E-state index in [1.165, 1.54) is 167 Å². The number of fused-ring (bicyclic) bond motifs is 17. The fourth-order valence-corrected chi connectivity index (χ4v) is 17.8. The molecule has 0 bridgehead atoms. The van der Waals surface area contributed by atoms with E-state index in [9.17, 15) is 5.26 Å². The topological polar surface area (TPSA) is 33.6 Å². The molecule has 16 rings (SSSR count). The Balaban J connectivity index is 1.15. The molecule has 0 saturated heterocycles. The number of rotatable bonds is 5. The second kappa shape index (κ2) is 16.8. The molecule has 1 unspecified atom stereocenters. The average molecular weight is 1000 g/mol. The fourth-order valence-electron chi connectivity index (χ4n) is 15.3. The molecule has 4 heterocycles. The summed E-state index contributed by atoms with van der Waals surface area (Å²) in [5.41, 5.74) is 17.6. The molecule has 4 aromatic heterocycles. The van der Waals surface area contributed by atoms with Gasteiger partial charge in [-0.2, -0.15) is 5.26 Å². The maximum absolute atomic E-state index is 11.5. The summed E-state index contributed by atoms with van der Waals surface area (Å²) in [4.78, 5) is 0. The molecule has 9 aromatic carbocycles. The molecule has 2 fully saturated rings. The highest BCUT2D eigenvalue weighted by Crippen LogP contribution is 2.61. The van der Waals surface area contributed by atoms with Crippen molar-refractivity contribution in [3.63, 3.8) is 0 Å². The second-order valence-corrected chi connectivity index (χ2v) is 24.4. The van der Waals surface area contributed by atoms with Crippen molar-refractivity contribution >= 4 is 107 Å². The van der Waals surface area contributed by atoms with Crippen LogP contribution in [-0.2, 0) is 12.0 Å². The first-order chi connectivity index (χ1) is 37.1. The Labute approximate surface area is 444 Å². The summed E-state index contributed by atoms with van der Waals surface area (Å²) < 4.78 is 11.0. The van der Waals surface area contributed by atoms with E-state index in [2.05, 4.69) is 192 Å². The molecule has 0 N–H and O–H groups in total. The highest BCUT2D eigenvalue weighted by molar-refractivity contribution is 7.27. The van der Waals surface area contributed by atoms with Crippen LogP contribution in [0.15, 0.2) is 170 Å². The minimum Gasteiger partial charge on any atom is -0.330 e. The first-order valence-electron chi connectivity index (χ1n) is 27.6. The lowest BCUT2D eigenvalue weighted by molar-refractivity contribution is 0.404. The van der Waals surface area contributed by atoms with E-state index in [0.717, 1.165) is 43.2 Å². The number of benzene rings is 9. The maximum Gasteiger partial charge on any atom is 0.0998 e. The van der Waals surface area contributed by atoms with E-state index in [-0.39, 0.29) is 0 Å². The maximum atomic E-state index is 11.5. The van der Waals surface area contributed by atoms with Gasteiger partial charge in [-0.3, -0.25) is 0 Å². The molecule has 13 aromatic rings. The molecule has 0 spiro atoms. The fraction of sp³-hybridized carbons (Fsp3) is 0.214. The van der Waals surface area contributed by atoms with Gasteiger partial charge < -0.3 is 9.13 Å². The summed E-state index contributed by atoms with van der Waals surface area (Å²) in [5.74, 6) is 0.645. The van der Waals surface area contributed by atoms with Crippen LogP contribution in [-0.4, -0.2) is 9.13 Å². The van der Waals surface area contributed by atoms with Crippen LogP contribution in [0.5, 0.6) is 0 Å². The third kappa shape index (κ3) is 6.19. The third-order valence-electron chi connectivity index (χ3n) is 18.3. The normalized spacial score (nSPS) is 17.5. The third-order valence-corrected chi connectivity index (χ3v) is 20.7. The van der Waals surface area contributed by atoms with Crippen LogP contribution in [0.25, 0.3) is 112 Å². The summed E-state index contributed by atoms with van der Waals surface area (Å²) in [6, 6.07) is 67.3. The molecule has 1 atom stereocenters. The number of thiophene rings is 2. The number of hydrogen-bond acceptors (Lipinski definition) is 3. The van der Waals surface area contributed by atoms with Gasteiger partial charge in [0.05, 0.1) is 39.4 Å². The van der Waals surface area contributed by atoms with Crippen LogP contribution < -0.4 is 0 Å². The molecule has 0 amide bonds. The van der Waals surface area contributed by atoms with Gasteiger partial charge in [0.15, 0.2) is 0 Å². The lowest BCUT2D eigenvalue weighted by atomic mass is 9.63. The van der Waals surface area contributed by atoms with Gasteiger partial charge >= 0.3 is 0 Å². The van der Waals surface area contributed by atoms with E-state index in [1.54, 1.807) is 0 Å². The zero-order valence-corrected chi connectivity index (χ0v) is 43.9. The van der Waals surface area contributed by atoms with E-state index in [4.69, 9.17) is 0 Å². The minimum absolute atomic E-state index is 0.296. The van der Waals surface area contributed by atoms with Gasteiger partial charge in [-0.15, -0.1) is 22.7 Å². The van der Waals surface area contributed by atoms with Crippen LogP contribution in [0.4, 0.5) is 0 Å². The second-order valence-electron chi connectivity index (χ2n) is 22.3. The summed E-state index contributed by atoms with van der Waals surface area (Å²) in [6.45, 7) is 2.59. The van der Waals surface area contributed by atoms with Crippen molar-refractivity contribution in [2.45, 2.75) is 94.9 Å². The standard InChI is InChI=1S/C70H55N3S2/c1-70(73-55-33-17-13-31-53(55)63-57(73)39-37-51-49-29-15-19-35-59(49)75-69(51)63)40-44-24-8-10-26-46(44)64-60(42-20-4-2-5-21-42)67(61(43-22-6-3-7-23-43)65(66(64)70)47-27-11-9-25-45(47)41-71)72-54-32-16-12-30-52(54)62-56(72)38-36-50-48-28-14-18-34-58(48)74-68(50)62/h8-19,24-39,42-43H,2-7,20-23,40H2,1H3. The summed E-state index contributed by atoms with van der Waals surface area (Å²) in [5, 5.41) is 22.1. The number of nitrogens with zero attached hydrogens (tertiary/aromatic N) is 3. The molecule has 75 heavy (non-hydrogen) atoms. The highest BCUT2D eigenvalue weighted by Gasteiger charge is 2.46. The van der Waals surface area contributed by atoms with Gasteiger partial charge in [-0.1, -0.05) is 166 Å². The molecule has 5 heteroatoms. The number of para-hydroxylation sites is 2. The summed E-state index contributed by atoms with van der Waals surface area (Å²) in [6.07, 6.45) is 12.8. The van der Waals surface area contributed by atoms with Crippen molar-refractivity contribution in [1.82, 2.24) is 9.13 Å². The largest absolute Gasteiger partial charge is 0.330 e. The Morgan fingerprint density at radius 1 is 0.467 bits per heavy atom. The van der Waals surface area contributed by atoms with Crippen molar-refractivity contribution in [2.24, 2.45) is 0 Å². The molecule has 3 nitrogen and oxygen atoms in total. The average Bonchev–Trinajstić information content (AvgIpc) is 4.39. The van der Waals surface area contributed by atoms with Crippen molar-refractivity contribution in [2.75, 3.05) is 0 Å². The summed E-state index contributed by atoms with van der Waals surface area (Å²) >= 11 is 3.89. The van der Waals surface area contributed by atoms with Crippen LogP contribution >= 0.6 is 22.7 Å². The SMILES string of the molecule is CC1(n2c3ccccc3c3c4sc5ccccc5c4ccc32)Cc2ccccc2-c2c(C3CCCCC3)c(-n3c4ccccc4c4c5sc6ccccc6c5ccc43)c(C3CCCCC3)c(-c3ccccc3C#N)c21. The molecular formula is C70H55N3S2. The molecule has 3 aliphatic rings. The summed E-state index contributed by atoms with van der Waals surface area (Å²) in [7, 11) is 0. The Hall–Kier alpha value is -7.49.